The van der Waals surface area contributed by atoms with Crippen molar-refractivity contribution < 1.29 is 22.7 Å². The molecule has 166 valence electrons. The van der Waals surface area contributed by atoms with E-state index in [0.717, 1.165) is 5.56 Å². The molecule has 0 aliphatic carbocycles. The van der Waals surface area contributed by atoms with E-state index in [9.17, 15) is 13.2 Å². The van der Waals surface area contributed by atoms with Crippen molar-refractivity contribution in [2.75, 3.05) is 4.72 Å². The zero-order chi connectivity index (χ0) is 23.1. The molecule has 0 fully saturated rings. The molecule has 4 rings (SSSR count). The highest BCUT2D eigenvalue weighted by Gasteiger charge is 2.18. The number of carbonyl (C=O) groups excluding carboxylic acids is 1. The van der Waals surface area contributed by atoms with Crippen LogP contribution in [0.4, 0.5) is 5.69 Å². The molecule has 0 aromatic heterocycles. The lowest BCUT2D eigenvalue weighted by Crippen LogP contribution is -2.14. The maximum Gasteiger partial charge on any atom is 0.343 e. The number of hydrogen-bond donors (Lipinski definition) is 1. The molecular formula is C26H21NO5S. The molecule has 6 nitrogen and oxygen atoms in total. The summed E-state index contributed by atoms with van der Waals surface area (Å²) in [5.74, 6) is -0.0648. The van der Waals surface area contributed by atoms with Gasteiger partial charge in [-0.3, -0.25) is 4.72 Å². The van der Waals surface area contributed by atoms with Gasteiger partial charge in [0.05, 0.1) is 16.1 Å². The third-order valence-electron chi connectivity index (χ3n) is 4.71. The summed E-state index contributed by atoms with van der Waals surface area (Å²) in [4.78, 5) is 12.5. The van der Waals surface area contributed by atoms with Crippen LogP contribution < -0.4 is 14.2 Å². The Hall–Kier alpha value is -4.10. The van der Waals surface area contributed by atoms with Crippen LogP contribution in [-0.4, -0.2) is 14.4 Å². The molecule has 0 unspecified atom stereocenters. The number of benzene rings is 4. The number of hydrogen-bond acceptors (Lipinski definition) is 5. The smallest absolute Gasteiger partial charge is 0.343 e. The molecule has 0 heterocycles. The summed E-state index contributed by atoms with van der Waals surface area (Å²) in [5, 5.41) is 0. The van der Waals surface area contributed by atoms with Gasteiger partial charge in [0.1, 0.15) is 18.1 Å². The van der Waals surface area contributed by atoms with Crippen molar-refractivity contribution in [2.24, 2.45) is 0 Å². The fraction of sp³-hybridized carbons (Fsp3) is 0.0385. The first kappa shape index (κ1) is 22.1. The van der Waals surface area contributed by atoms with Gasteiger partial charge in [-0.15, -0.1) is 0 Å². The molecule has 0 aliphatic rings. The Labute approximate surface area is 192 Å². The monoisotopic (exact) mass is 459 g/mol. The molecule has 0 spiro atoms. The molecular weight excluding hydrogens is 438 g/mol. The van der Waals surface area contributed by atoms with Crippen LogP contribution in [-0.2, 0) is 16.6 Å². The van der Waals surface area contributed by atoms with Crippen LogP contribution in [0.15, 0.2) is 114 Å². The average molecular weight is 460 g/mol. The number of rotatable bonds is 8. The number of ether oxygens (including phenoxy) is 2. The minimum atomic E-state index is -3.89. The van der Waals surface area contributed by atoms with Crippen LogP contribution in [0.25, 0.3) is 0 Å². The molecule has 4 aromatic carbocycles. The topological polar surface area (TPSA) is 81.7 Å². The van der Waals surface area contributed by atoms with Gasteiger partial charge < -0.3 is 9.47 Å². The van der Waals surface area contributed by atoms with Gasteiger partial charge in [-0.1, -0.05) is 66.7 Å². The Morgan fingerprint density at radius 2 is 1.36 bits per heavy atom. The van der Waals surface area contributed by atoms with Crippen LogP contribution in [0.5, 0.6) is 11.5 Å². The number of esters is 1. The zero-order valence-electron chi connectivity index (χ0n) is 17.5. The van der Waals surface area contributed by atoms with Gasteiger partial charge in [-0.2, -0.15) is 0 Å². The first-order chi connectivity index (χ1) is 16.0. The summed E-state index contributed by atoms with van der Waals surface area (Å²) in [6.07, 6.45) is 0. The van der Waals surface area contributed by atoms with E-state index in [1.165, 1.54) is 18.2 Å². The summed E-state index contributed by atoms with van der Waals surface area (Å²) in [6, 6.07) is 30.6. The minimum absolute atomic E-state index is 0.102. The maximum atomic E-state index is 12.9. The minimum Gasteiger partial charge on any atom is -0.487 e. The van der Waals surface area contributed by atoms with E-state index in [2.05, 4.69) is 4.72 Å². The Kier molecular flexibility index (Phi) is 6.71. The summed E-state index contributed by atoms with van der Waals surface area (Å²) in [6.45, 7) is 0.240. The summed E-state index contributed by atoms with van der Waals surface area (Å²) >= 11 is 0. The van der Waals surface area contributed by atoms with Crippen LogP contribution in [0.2, 0.25) is 0 Å². The van der Waals surface area contributed by atoms with Gasteiger partial charge in [-0.05, 0) is 42.0 Å². The van der Waals surface area contributed by atoms with E-state index in [4.69, 9.17) is 9.47 Å². The van der Waals surface area contributed by atoms with Crippen molar-refractivity contribution in [1.82, 2.24) is 0 Å². The highest BCUT2D eigenvalue weighted by atomic mass is 32.2. The van der Waals surface area contributed by atoms with E-state index in [1.54, 1.807) is 60.7 Å². The SMILES string of the molecule is O=C(Oc1ccc(OCc2ccccc2)c(NS(=O)(=O)c2ccccc2)c1)c1ccccc1. The molecule has 0 saturated heterocycles. The van der Waals surface area contributed by atoms with E-state index < -0.39 is 16.0 Å². The van der Waals surface area contributed by atoms with Crippen LogP contribution in [0.1, 0.15) is 15.9 Å². The highest BCUT2D eigenvalue weighted by Crippen LogP contribution is 2.32. The molecule has 33 heavy (non-hydrogen) atoms. The van der Waals surface area contributed by atoms with Gasteiger partial charge in [0, 0.05) is 6.07 Å². The Morgan fingerprint density at radius 1 is 0.758 bits per heavy atom. The second-order valence-electron chi connectivity index (χ2n) is 7.11. The summed E-state index contributed by atoms with van der Waals surface area (Å²) in [5.41, 5.74) is 1.47. The summed E-state index contributed by atoms with van der Waals surface area (Å²) in [7, 11) is -3.89. The van der Waals surface area contributed by atoms with E-state index in [0.29, 0.717) is 11.3 Å². The van der Waals surface area contributed by atoms with Crippen LogP contribution in [0, 0.1) is 0 Å². The molecule has 0 saturated carbocycles. The molecule has 0 bridgehead atoms. The fourth-order valence-corrected chi connectivity index (χ4v) is 4.14. The van der Waals surface area contributed by atoms with E-state index >= 15 is 0 Å². The lowest BCUT2D eigenvalue weighted by Gasteiger charge is -2.15. The number of anilines is 1. The van der Waals surface area contributed by atoms with Gasteiger partial charge >= 0.3 is 5.97 Å². The molecule has 0 amide bonds. The summed E-state index contributed by atoms with van der Waals surface area (Å²) < 4.78 is 39.7. The fourth-order valence-electron chi connectivity index (χ4n) is 3.06. The Bertz CT molecular complexity index is 1330. The standard InChI is InChI=1S/C26H21NO5S/c28-26(21-12-6-2-7-13-21)32-22-16-17-25(31-19-20-10-4-1-5-11-20)24(18-22)27-33(29,30)23-14-8-3-9-15-23/h1-18,27H,19H2. The van der Waals surface area contributed by atoms with Crippen LogP contribution in [0.3, 0.4) is 0 Å². The number of nitrogens with one attached hydrogen (secondary N) is 1. The lowest BCUT2D eigenvalue weighted by atomic mass is 10.2. The van der Waals surface area contributed by atoms with Gasteiger partial charge in [-0.25, -0.2) is 13.2 Å². The quantitative estimate of drug-likeness (QED) is 0.286. The first-order valence-corrected chi connectivity index (χ1v) is 11.7. The third-order valence-corrected chi connectivity index (χ3v) is 6.09. The largest absolute Gasteiger partial charge is 0.487 e. The van der Waals surface area contributed by atoms with Crippen molar-refractivity contribution in [3.63, 3.8) is 0 Å². The molecule has 4 aromatic rings. The van der Waals surface area contributed by atoms with Crippen molar-refractivity contribution in [3.05, 3.63) is 120 Å². The molecule has 0 radical (unpaired) electrons. The van der Waals surface area contributed by atoms with Crippen molar-refractivity contribution >= 4 is 21.7 Å². The second-order valence-corrected chi connectivity index (χ2v) is 8.79. The second kappa shape index (κ2) is 10.0. The average Bonchev–Trinajstić information content (AvgIpc) is 2.85. The van der Waals surface area contributed by atoms with Gasteiger partial charge in [0.15, 0.2) is 0 Å². The van der Waals surface area contributed by atoms with Crippen LogP contribution >= 0.6 is 0 Å². The molecule has 0 atom stereocenters. The number of carbonyl (C=O) groups is 1. The van der Waals surface area contributed by atoms with Gasteiger partial charge in [0.25, 0.3) is 10.0 Å². The van der Waals surface area contributed by atoms with E-state index in [-0.39, 0.29) is 22.9 Å². The zero-order valence-corrected chi connectivity index (χ0v) is 18.4. The normalized spacial score (nSPS) is 10.9. The Morgan fingerprint density at radius 3 is 2.03 bits per heavy atom. The van der Waals surface area contributed by atoms with Gasteiger partial charge in [0.2, 0.25) is 0 Å². The first-order valence-electron chi connectivity index (χ1n) is 10.2. The number of sulfonamides is 1. The van der Waals surface area contributed by atoms with Crippen molar-refractivity contribution in [1.29, 1.82) is 0 Å². The predicted octanol–water partition coefficient (Wildman–Crippen LogP) is 5.29. The van der Waals surface area contributed by atoms with E-state index in [1.807, 2.05) is 30.3 Å². The lowest BCUT2D eigenvalue weighted by molar-refractivity contribution is 0.0734. The Balaban J connectivity index is 1.62. The van der Waals surface area contributed by atoms with Crippen molar-refractivity contribution in [2.45, 2.75) is 11.5 Å². The van der Waals surface area contributed by atoms with Crippen molar-refractivity contribution in [3.8, 4) is 11.5 Å². The maximum absolute atomic E-state index is 12.9. The molecule has 0 aliphatic heterocycles. The predicted molar refractivity (Wildman–Crippen MR) is 126 cm³/mol. The highest BCUT2D eigenvalue weighted by molar-refractivity contribution is 7.92. The molecule has 7 heteroatoms. The molecule has 1 N–H and O–H groups in total. The third kappa shape index (κ3) is 5.78.